The minimum Gasteiger partial charge on any atom is -0.308 e. The van der Waals surface area contributed by atoms with Crippen LogP contribution in [-0.2, 0) is 5.41 Å². The predicted molar refractivity (Wildman–Crippen MR) is 255 cm³/mol. The van der Waals surface area contributed by atoms with Crippen LogP contribution >= 0.6 is 0 Å². The number of rotatable bonds is 5. The summed E-state index contributed by atoms with van der Waals surface area (Å²) in [7, 11) is 0. The molecule has 11 aromatic rings. The van der Waals surface area contributed by atoms with Crippen LogP contribution in [-0.4, -0.2) is 4.57 Å². The molecule has 284 valence electrons. The van der Waals surface area contributed by atoms with E-state index in [4.69, 9.17) is 0 Å². The minimum absolute atomic E-state index is 0.452. The van der Waals surface area contributed by atoms with Gasteiger partial charge in [-0.3, -0.25) is 0 Å². The maximum absolute atomic E-state index is 2.53. The van der Waals surface area contributed by atoms with Crippen molar-refractivity contribution in [2.24, 2.45) is 0 Å². The monoisotopic (exact) mass is 774 g/mol. The smallest absolute Gasteiger partial charge is 0.0782 e. The van der Waals surface area contributed by atoms with Gasteiger partial charge in [-0.05, 0) is 97.9 Å². The molecule has 0 fully saturated rings. The minimum atomic E-state index is -0.452. The Morgan fingerprint density at radius 2 is 0.885 bits per heavy atom. The first kappa shape index (κ1) is 34.0. The fourth-order valence-corrected chi connectivity index (χ4v) is 11.1. The summed E-state index contributed by atoms with van der Waals surface area (Å²) in [5.41, 5.74) is 19.3. The maximum Gasteiger partial charge on any atom is 0.0782 e. The van der Waals surface area contributed by atoms with E-state index in [1.165, 1.54) is 82.7 Å². The maximum atomic E-state index is 2.53. The molecule has 13 rings (SSSR count). The molecule has 0 aliphatic heterocycles. The van der Waals surface area contributed by atoms with Crippen LogP contribution in [0.25, 0.3) is 71.6 Å². The van der Waals surface area contributed by atoms with Crippen molar-refractivity contribution >= 4 is 49.6 Å². The Bertz CT molecular complexity index is 3480. The zero-order valence-electron chi connectivity index (χ0n) is 33.3. The van der Waals surface area contributed by atoms with Gasteiger partial charge in [-0.15, -0.1) is 0 Å². The highest BCUT2D eigenvalue weighted by Gasteiger charge is 2.52. The average Bonchev–Trinajstić information content (AvgIpc) is 3.96. The highest BCUT2D eigenvalue weighted by molar-refractivity contribution is 6.26. The average molecular weight is 775 g/mol. The summed E-state index contributed by atoms with van der Waals surface area (Å²) in [6.07, 6.45) is 0. The van der Waals surface area contributed by atoms with Crippen LogP contribution in [0.3, 0.4) is 0 Å². The van der Waals surface area contributed by atoms with Crippen LogP contribution in [0.1, 0.15) is 22.3 Å². The van der Waals surface area contributed by atoms with Crippen molar-refractivity contribution in [2.45, 2.75) is 5.41 Å². The second-order valence-electron chi connectivity index (χ2n) is 16.3. The van der Waals surface area contributed by atoms with Crippen molar-refractivity contribution in [1.82, 2.24) is 4.57 Å². The van der Waals surface area contributed by atoms with Crippen molar-refractivity contribution in [2.75, 3.05) is 4.90 Å². The second kappa shape index (κ2) is 13.0. The second-order valence-corrected chi connectivity index (χ2v) is 16.3. The molecule has 1 heterocycles. The lowest BCUT2D eigenvalue weighted by Crippen LogP contribution is -2.26. The van der Waals surface area contributed by atoms with E-state index < -0.39 is 5.41 Å². The molecule has 0 N–H and O–H groups in total. The highest BCUT2D eigenvalue weighted by atomic mass is 15.2. The lowest BCUT2D eigenvalue weighted by atomic mass is 9.70. The summed E-state index contributed by atoms with van der Waals surface area (Å²) < 4.78 is 2.53. The molecule has 1 aromatic heterocycles. The molecule has 0 unspecified atom stereocenters. The number of para-hydroxylation sites is 3. The summed E-state index contributed by atoms with van der Waals surface area (Å²) in [5.74, 6) is 0. The summed E-state index contributed by atoms with van der Waals surface area (Å²) in [5, 5.41) is 4.91. The SMILES string of the molecule is c1ccc(-c2cc3ccccc3c3c2c2cccc(N(c4ccccc4)c4cccc5c4-c4ccccc4C54c5ccccc5-c5ccccc54)c2n3-c2ccccc2)cc1. The first-order chi connectivity index (χ1) is 30.3. The van der Waals surface area contributed by atoms with E-state index in [1.807, 2.05) is 0 Å². The van der Waals surface area contributed by atoms with Gasteiger partial charge < -0.3 is 9.47 Å². The zero-order chi connectivity index (χ0) is 40.1. The molecule has 2 heteroatoms. The molecular formula is C59H38N2. The van der Waals surface area contributed by atoms with Crippen LogP contribution in [0, 0.1) is 0 Å². The van der Waals surface area contributed by atoms with Crippen LogP contribution in [0.15, 0.2) is 231 Å². The largest absolute Gasteiger partial charge is 0.308 e. The van der Waals surface area contributed by atoms with Crippen molar-refractivity contribution in [3.8, 4) is 39.1 Å². The number of fused-ring (bicyclic) bond motifs is 15. The van der Waals surface area contributed by atoms with Gasteiger partial charge in [0, 0.05) is 33.1 Å². The van der Waals surface area contributed by atoms with Gasteiger partial charge >= 0.3 is 0 Å². The summed E-state index contributed by atoms with van der Waals surface area (Å²) in [4.78, 5) is 2.53. The van der Waals surface area contributed by atoms with Crippen molar-refractivity contribution in [3.05, 3.63) is 253 Å². The van der Waals surface area contributed by atoms with Crippen LogP contribution in [0.5, 0.6) is 0 Å². The first-order valence-corrected chi connectivity index (χ1v) is 21.2. The van der Waals surface area contributed by atoms with Crippen LogP contribution in [0.4, 0.5) is 17.1 Å². The lowest BCUT2D eigenvalue weighted by molar-refractivity contribution is 0.794. The molecule has 0 saturated carbocycles. The molecule has 2 aliphatic carbocycles. The van der Waals surface area contributed by atoms with Gasteiger partial charge in [0.15, 0.2) is 0 Å². The number of hydrogen-bond donors (Lipinski definition) is 0. The molecule has 2 nitrogen and oxygen atoms in total. The third-order valence-corrected chi connectivity index (χ3v) is 13.3. The standard InChI is InChI=1S/C59H38N2/c1-4-20-39(21-5-1)48-38-40-22-10-11-27-43(40)58-55(48)47-31-18-37-54(57(47)61(58)42-25-8-3-9-26-42)60(41-23-6-2-7-24-41)53-36-19-35-52-56(53)46-30-14-17-34-51(46)59(52)49-32-15-12-28-44(49)45-29-13-16-33-50(45)59/h1-38H. The summed E-state index contributed by atoms with van der Waals surface area (Å²) >= 11 is 0. The number of nitrogens with zero attached hydrogens (tertiary/aromatic N) is 2. The molecule has 2 aliphatic rings. The van der Waals surface area contributed by atoms with Gasteiger partial charge in [0.25, 0.3) is 0 Å². The van der Waals surface area contributed by atoms with Gasteiger partial charge in [0.2, 0.25) is 0 Å². The van der Waals surface area contributed by atoms with E-state index in [9.17, 15) is 0 Å². The third kappa shape index (κ3) is 4.62. The Morgan fingerprint density at radius 3 is 1.61 bits per heavy atom. The van der Waals surface area contributed by atoms with E-state index >= 15 is 0 Å². The Hall–Kier alpha value is -7.94. The number of hydrogen-bond acceptors (Lipinski definition) is 1. The van der Waals surface area contributed by atoms with E-state index in [0.29, 0.717) is 0 Å². The number of aromatic nitrogens is 1. The van der Waals surface area contributed by atoms with Crippen molar-refractivity contribution in [1.29, 1.82) is 0 Å². The molecule has 0 radical (unpaired) electrons. The van der Waals surface area contributed by atoms with Gasteiger partial charge in [-0.2, -0.15) is 0 Å². The molecule has 61 heavy (non-hydrogen) atoms. The van der Waals surface area contributed by atoms with Crippen LogP contribution < -0.4 is 4.90 Å². The molecule has 0 amide bonds. The summed E-state index contributed by atoms with van der Waals surface area (Å²) in [6.45, 7) is 0. The highest BCUT2D eigenvalue weighted by Crippen LogP contribution is 2.65. The van der Waals surface area contributed by atoms with E-state index in [0.717, 1.165) is 28.3 Å². The number of anilines is 3. The first-order valence-electron chi connectivity index (χ1n) is 21.2. The van der Waals surface area contributed by atoms with Crippen molar-refractivity contribution < 1.29 is 0 Å². The molecule has 0 saturated heterocycles. The van der Waals surface area contributed by atoms with Gasteiger partial charge in [0.1, 0.15) is 0 Å². The van der Waals surface area contributed by atoms with Gasteiger partial charge in [-0.25, -0.2) is 0 Å². The topological polar surface area (TPSA) is 8.17 Å². The molecule has 1 spiro atoms. The Kier molecular flexibility index (Phi) is 7.26. The third-order valence-electron chi connectivity index (χ3n) is 13.3. The van der Waals surface area contributed by atoms with Crippen molar-refractivity contribution in [3.63, 3.8) is 0 Å². The molecule has 0 atom stereocenters. The molecule has 0 bridgehead atoms. The zero-order valence-corrected chi connectivity index (χ0v) is 33.3. The van der Waals surface area contributed by atoms with Gasteiger partial charge in [0.05, 0.1) is 27.8 Å². The number of benzene rings is 10. The van der Waals surface area contributed by atoms with E-state index in [2.05, 4.69) is 240 Å². The fourth-order valence-electron chi connectivity index (χ4n) is 11.1. The van der Waals surface area contributed by atoms with Gasteiger partial charge in [-0.1, -0.05) is 188 Å². The Morgan fingerprint density at radius 1 is 0.361 bits per heavy atom. The van der Waals surface area contributed by atoms with E-state index in [-0.39, 0.29) is 0 Å². The normalized spacial score (nSPS) is 13.0. The predicted octanol–water partition coefficient (Wildman–Crippen LogP) is 15.4. The van der Waals surface area contributed by atoms with Crippen LogP contribution in [0.2, 0.25) is 0 Å². The molecule has 10 aromatic carbocycles. The molecular weight excluding hydrogens is 737 g/mol. The Balaban J connectivity index is 1.19. The van der Waals surface area contributed by atoms with E-state index in [1.54, 1.807) is 0 Å². The fraction of sp³-hybridized carbons (Fsp3) is 0.0169. The summed E-state index contributed by atoms with van der Waals surface area (Å²) in [6, 6.07) is 85.3. The quantitative estimate of drug-likeness (QED) is 0.169. The lowest BCUT2D eigenvalue weighted by Gasteiger charge is -2.32. The Labute approximate surface area is 354 Å².